The molecule has 0 N–H and O–H groups in total. The van der Waals surface area contributed by atoms with Gasteiger partial charge in [0.1, 0.15) is 12.2 Å². The van der Waals surface area contributed by atoms with Crippen molar-refractivity contribution in [2.75, 3.05) is 13.6 Å². The molecule has 3 aromatic rings. The van der Waals surface area contributed by atoms with Crippen LogP contribution in [-0.4, -0.2) is 45.3 Å². The molecule has 0 saturated carbocycles. The number of aromatic nitrogens is 3. The average molecular weight is 374 g/mol. The lowest BCUT2D eigenvalue weighted by atomic mass is 10.1. The molecule has 0 bridgehead atoms. The summed E-state index contributed by atoms with van der Waals surface area (Å²) in [5, 5.41) is 4.42. The van der Waals surface area contributed by atoms with Crippen LogP contribution in [0.25, 0.3) is 11.3 Å². The van der Waals surface area contributed by atoms with E-state index >= 15 is 0 Å². The number of benzene rings is 1. The van der Waals surface area contributed by atoms with Gasteiger partial charge >= 0.3 is 6.18 Å². The first-order valence-electron chi connectivity index (χ1n) is 8.17. The minimum absolute atomic E-state index is 0.102. The fraction of sp³-hybridized carbons (Fsp3) is 0.211. The second kappa shape index (κ2) is 7.61. The minimum atomic E-state index is -4.47. The van der Waals surface area contributed by atoms with Crippen molar-refractivity contribution < 1.29 is 18.0 Å². The molecule has 8 heteroatoms. The number of nitrogens with zero attached hydrogens (tertiary/aromatic N) is 4. The molecule has 0 aliphatic carbocycles. The van der Waals surface area contributed by atoms with Crippen molar-refractivity contribution in [3.63, 3.8) is 0 Å². The molecule has 0 radical (unpaired) electrons. The summed E-state index contributed by atoms with van der Waals surface area (Å²) in [5.74, 6) is -0.745. The lowest BCUT2D eigenvalue weighted by molar-refractivity contribution is -0.138. The van der Waals surface area contributed by atoms with Crippen LogP contribution >= 0.6 is 0 Å². The number of halogens is 3. The van der Waals surface area contributed by atoms with E-state index in [0.717, 1.165) is 12.6 Å². The quantitative estimate of drug-likeness (QED) is 0.685. The zero-order chi connectivity index (χ0) is 19.4. The first-order valence-corrected chi connectivity index (χ1v) is 8.17. The fourth-order valence-corrected chi connectivity index (χ4v) is 2.69. The maximum Gasteiger partial charge on any atom is 0.406 e. The van der Waals surface area contributed by atoms with Crippen molar-refractivity contribution >= 4 is 5.91 Å². The van der Waals surface area contributed by atoms with Crippen molar-refractivity contribution in [1.29, 1.82) is 0 Å². The maximum absolute atomic E-state index is 12.7. The zero-order valence-electron chi connectivity index (χ0n) is 14.5. The van der Waals surface area contributed by atoms with Crippen LogP contribution in [0.5, 0.6) is 0 Å². The molecule has 5 nitrogen and oxygen atoms in total. The van der Waals surface area contributed by atoms with Crippen molar-refractivity contribution in [1.82, 2.24) is 19.7 Å². The number of carbonyl (C=O) groups is 1. The summed E-state index contributed by atoms with van der Waals surface area (Å²) in [6.07, 6.45) is 0.0981. The Kier molecular flexibility index (Phi) is 5.25. The standard InChI is InChI=1S/C19H17F3N4O/c1-25(13-19(20,21)22)18(27)16-12-26(11-14-6-3-2-4-7-14)24-17(16)15-8-5-9-23-10-15/h2-10,12H,11,13H2,1H3. The third-order valence-corrected chi connectivity index (χ3v) is 3.88. The van der Waals surface area contributed by atoms with Gasteiger partial charge in [-0.2, -0.15) is 18.3 Å². The summed E-state index contributed by atoms with van der Waals surface area (Å²) in [7, 11) is 1.12. The van der Waals surface area contributed by atoms with Crippen molar-refractivity contribution in [2.45, 2.75) is 12.7 Å². The molecule has 0 unspecified atom stereocenters. The Morgan fingerprint density at radius 3 is 2.52 bits per heavy atom. The first-order chi connectivity index (χ1) is 12.8. The summed E-state index contributed by atoms with van der Waals surface area (Å²) in [4.78, 5) is 17.3. The lowest BCUT2D eigenvalue weighted by Gasteiger charge is -2.18. The largest absolute Gasteiger partial charge is 0.406 e. The Morgan fingerprint density at radius 1 is 1.15 bits per heavy atom. The molecule has 0 atom stereocenters. The van der Waals surface area contributed by atoms with Gasteiger partial charge in [-0.3, -0.25) is 14.5 Å². The van der Waals surface area contributed by atoms with Crippen LogP contribution in [0, 0.1) is 0 Å². The highest BCUT2D eigenvalue weighted by molar-refractivity contribution is 5.99. The molecule has 2 aromatic heterocycles. The predicted molar refractivity (Wildman–Crippen MR) is 94.0 cm³/mol. The summed E-state index contributed by atoms with van der Waals surface area (Å²) in [5.41, 5.74) is 1.93. The topological polar surface area (TPSA) is 51.0 Å². The fourth-order valence-electron chi connectivity index (χ4n) is 2.69. The van der Waals surface area contributed by atoms with Crippen LogP contribution in [0.3, 0.4) is 0 Å². The number of pyridine rings is 1. The number of amides is 1. The Morgan fingerprint density at radius 2 is 1.89 bits per heavy atom. The van der Waals surface area contributed by atoms with Gasteiger partial charge in [0.05, 0.1) is 12.1 Å². The first kappa shape index (κ1) is 18.6. The number of alkyl halides is 3. The highest BCUT2D eigenvalue weighted by atomic mass is 19.4. The highest BCUT2D eigenvalue weighted by Gasteiger charge is 2.32. The normalized spacial score (nSPS) is 11.4. The van der Waals surface area contributed by atoms with Gasteiger partial charge in [-0.25, -0.2) is 0 Å². The van der Waals surface area contributed by atoms with E-state index in [1.165, 1.54) is 12.4 Å². The number of hydrogen-bond acceptors (Lipinski definition) is 3. The van der Waals surface area contributed by atoms with Gasteiger partial charge in [0.15, 0.2) is 0 Å². The second-order valence-corrected chi connectivity index (χ2v) is 6.09. The average Bonchev–Trinajstić information content (AvgIpc) is 3.05. The molecular formula is C19H17F3N4O. The van der Waals surface area contributed by atoms with Crippen LogP contribution in [0.1, 0.15) is 15.9 Å². The van der Waals surface area contributed by atoms with Gasteiger partial charge in [0, 0.05) is 31.2 Å². The number of hydrogen-bond donors (Lipinski definition) is 0. The summed E-state index contributed by atoms with van der Waals surface area (Å²) >= 11 is 0. The third kappa shape index (κ3) is 4.72. The molecule has 1 amide bonds. The highest BCUT2D eigenvalue weighted by Crippen LogP contribution is 2.24. The number of rotatable bonds is 5. The van der Waals surface area contributed by atoms with E-state index < -0.39 is 18.6 Å². The Hall–Kier alpha value is -3.16. The van der Waals surface area contributed by atoms with E-state index in [0.29, 0.717) is 22.7 Å². The molecule has 2 heterocycles. The smallest absolute Gasteiger partial charge is 0.332 e. The van der Waals surface area contributed by atoms with Crippen LogP contribution in [0.4, 0.5) is 13.2 Å². The summed E-state index contributed by atoms with van der Waals surface area (Å²) < 4.78 is 39.6. The van der Waals surface area contributed by atoms with Crippen LogP contribution < -0.4 is 0 Å². The minimum Gasteiger partial charge on any atom is -0.332 e. The van der Waals surface area contributed by atoms with E-state index in [9.17, 15) is 18.0 Å². The Balaban J connectivity index is 1.96. The molecule has 1 aromatic carbocycles. The van der Waals surface area contributed by atoms with E-state index in [1.807, 2.05) is 30.3 Å². The van der Waals surface area contributed by atoms with Crippen LogP contribution in [0.2, 0.25) is 0 Å². The second-order valence-electron chi connectivity index (χ2n) is 6.09. The maximum atomic E-state index is 12.7. The SMILES string of the molecule is CN(CC(F)(F)F)C(=O)c1cn(Cc2ccccc2)nc1-c1cccnc1. The van der Waals surface area contributed by atoms with Gasteiger partial charge in [-0.1, -0.05) is 30.3 Å². The molecule has 0 aliphatic heterocycles. The molecule has 140 valence electrons. The van der Waals surface area contributed by atoms with E-state index in [2.05, 4.69) is 10.1 Å². The molecule has 0 fully saturated rings. The zero-order valence-corrected chi connectivity index (χ0v) is 14.5. The van der Waals surface area contributed by atoms with Crippen LogP contribution in [0.15, 0.2) is 61.1 Å². The predicted octanol–water partition coefficient (Wildman–Crippen LogP) is 3.63. The molecular weight excluding hydrogens is 357 g/mol. The van der Waals surface area contributed by atoms with Crippen molar-refractivity contribution in [3.8, 4) is 11.3 Å². The molecule has 0 spiro atoms. The van der Waals surface area contributed by atoms with Gasteiger partial charge < -0.3 is 4.90 Å². The number of carbonyl (C=O) groups excluding carboxylic acids is 1. The van der Waals surface area contributed by atoms with Gasteiger partial charge in [-0.15, -0.1) is 0 Å². The van der Waals surface area contributed by atoms with Crippen LogP contribution in [-0.2, 0) is 6.54 Å². The Bertz CT molecular complexity index is 908. The monoisotopic (exact) mass is 374 g/mol. The van der Waals surface area contributed by atoms with E-state index in [1.54, 1.807) is 23.0 Å². The third-order valence-electron chi connectivity index (χ3n) is 3.88. The van der Waals surface area contributed by atoms with Gasteiger partial charge in [0.2, 0.25) is 0 Å². The van der Waals surface area contributed by atoms with Gasteiger partial charge in [0.25, 0.3) is 5.91 Å². The summed E-state index contributed by atoms with van der Waals surface area (Å²) in [6.45, 7) is -0.938. The van der Waals surface area contributed by atoms with Gasteiger partial charge in [-0.05, 0) is 17.7 Å². The lowest BCUT2D eigenvalue weighted by Crippen LogP contribution is -2.35. The molecule has 0 saturated heterocycles. The summed E-state index contributed by atoms with van der Waals surface area (Å²) in [6, 6.07) is 12.8. The molecule has 3 rings (SSSR count). The van der Waals surface area contributed by atoms with E-state index in [-0.39, 0.29) is 5.56 Å². The van der Waals surface area contributed by atoms with Crippen molar-refractivity contribution in [3.05, 3.63) is 72.2 Å². The van der Waals surface area contributed by atoms with Crippen molar-refractivity contribution in [2.24, 2.45) is 0 Å². The molecule has 27 heavy (non-hydrogen) atoms. The molecule has 0 aliphatic rings. The van der Waals surface area contributed by atoms with E-state index in [4.69, 9.17) is 0 Å². The Labute approximate surface area is 154 Å².